The van der Waals surface area contributed by atoms with E-state index in [0.29, 0.717) is 5.39 Å². The van der Waals surface area contributed by atoms with Gasteiger partial charge >= 0.3 is 0 Å². The molecule has 1 aromatic heterocycles. The van der Waals surface area contributed by atoms with Gasteiger partial charge in [0.25, 0.3) is 0 Å². The third-order valence-electron chi connectivity index (χ3n) is 2.31. The van der Waals surface area contributed by atoms with Crippen LogP contribution in [-0.4, -0.2) is 36.5 Å². The van der Waals surface area contributed by atoms with Crippen LogP contribution in [0, 0.1) is 0 Å². The highest BCUT2D eigenvalue weighted by atomic mass is 16.5. The monoisotopic (exact) mass is 246 g/mol. The van der Waals surface area contributed by atoms with E-state index in [4.69, 9.17) is 23.9 Å². The van der Waals surface area contributed by atoms with E-state index in [0.717, 1.165) is 4.57 Å². The van der Waals surface area contributed by atoms with Crippen molar-refractivity contribution in [1.29, 1.82) is 0 Å². The minimum atomic E-state index is -3.52. The maximum Gasteiger partial charge on any atom is 0.119 e. The van der Waals surface area contributed by atoms with Crippen LogP contribution in [0.15, 0.2) is 30.5 Å². The first-order chi connectivity index (χ1) is 13.7. The van der Waals surface area contributed by atoms with Gasteiger partial charge in [-0.05, 0) is 45.1 Å². The summed E-state index contributed by atoms with van der Waals surface area (Å²) >= 11 is 0. The summed E-state index contributed by atoms with van der Waals surface area (Å²) < 4.78 is 113. The molecule has 1 heterocycles. The van der Waals surface area contributed by atoms with Crippen LogP contribution in [0.3, 0.4) is 0 Å². The molecule has 0 saturated heterocycles. The summed E-state index contributed by atoms with van der Waals surface area (Å²) in [7, 11) is -2.72. The molecule has 0 N–H and O–H groups in total. The fourth-order valence-electron chi connectivity index (χ4n) is 1.51. The molecule has 1 unspecified atom stereocenters. The van der Waals surface area contributed by atoms with Gasteiger partial charge in [-0.25, -0.2) is 0 Å². The Kier molecular flexibility index (Phi) is 0.991. The van der Waals surface area contributed by atoms with Crippen LogP contribution in [-0.2, 0) is 6.52 Å². The number of rotatable bonds is 4. The van der Waals surface area contributed by atoms with Crippen LogP contribution in [0.25, 0.3) is 10.9 Å². The third kappa shape index (κ3) is 2.44. The van der Waals surface area contributed by atoms with E-state index in [1.807, 2.05) is 0 Å². The number of ether oxygens (including phenoxy) is 1. The zero-order chi connectivity index (χ0) is 24.2. The summed E-state index contributed by atoms with van der Waals surface area (Å²) in [6.07, 6.45) is 1.19. The highest BCUT2D eigenvalue weighted by molar-refractivity contribution is 5.81. The highest BCUT2D eigenvalue weighted by Gasteiger charge is 2.08. The highest BCUT2D eigenvalue weighted by Crippen LogP contribution is 2.22. The SMILES string of the molecule is [2H]C(n1ccc2cc(OC([2H])([2H])[2H])ccc21)[C@]([2H])(N(C([2H])([2H])[2H])C([2H])([2H])[2H])C([2H])([2H])[2H]. The molecular formula is C14H20N2O. The second kappa shape index (κ2) is 4.80. The van der Waals surface area contributed by atoms with Crippen molar-refractivity contribution in [2.75, 3.05) is 21.0 Å². The lowest BCUT2D eigenvalue weighted by atomic mass is 10.2. The lowest BCUT2D eigenvalue weighted by Crippen LogP contribution is -2.28. The van der Waals surface area contributed by atoms with Gasteiger partial charge in [0.15, 0.2) is 0 Å². The summed E-state index contributed by atoms with van der Waals surface area (Å²) in [6.45, 7) is -12.8. The van der Waals surface area contributed by atoms with Gasteiger partial charge in [0.05, 0.1) is 12.5 Å². The molecule has 2 aromatic rings. The fraction of sp³-hybridized carbons (Fsp3) is 0.429. The van der Waals surface area contributed by atoms with Crippen molar-refractivity contribution < 1.29 is 23.9 Å². The summed E-state index contributed by atoms with van der Waals surface area (Å²) in [5.41, 5.74) is 0.148. The molecule has 2 rings (SSSR count). The normalized spacial score (nSPS) is 32.1. The smallest absolute Gasteiger partial charge is 0.119 e. The van der Waals surface area contributed by atoms with Gasteiger partial charge in [0, 0.05) is 43.3 Å². The van der Waals surface area contributed by atoms with Gasteiger partial charge in [0.2, 0.25) is 0 Å². The Labute approximate surface area is 122 Å². The Morgan fingerprint density at radius 3 is 3.24 bits per heavy atom. The van der Waals surface area contributed by atoms with E-state index >= 15 is 0 Å². The average molecular weight is 246 g/mol. The van der Waals surface area contributed by atoms with Gasteiger partial charge < -0.3 is 14.2 Å². The van der Waals surface area contributed by atoms with E-state index in [-0.39, 0.29) is 11.3 Å². The number of hydrogen-bond donors (Lipinski definition) is 0. The average Bonchev–Trinajstić information content (AvgIpc) is 2.91. The Morgan fingerprint density at radius 2 is 2.47 bits per heavy atom. The molecule has 0 bridgehead atoms. The molecule has 92 valence electrons. The van der Waals surface area contributed by atoms with Crippen LogP contribution in [0.1, 0.15) is 26.0 Å². The summed E-state index contributed by atoms with van der Waals surface area (Å²) in [4.78, 5) is -0.421. The van der Waals surface area contributed by atoms with Crippen molar-refractivity contribution in [2.24, 2.45) is 0 Å². The lowest BCUT2D eigenvalue weighted by molar-refractivity contribution is 0.286. The summed E-state index contributed by atoms with van der Waals surface area (Å²) in [5, 5.41) is 0.307. The van der Waals surface area contributed by atoms with Crippen LogP contribution in [0.4, 0.5) is 0 Å². The number of aromatic nitrogens is 1. The first-order valence-corrected chi connectivity index (χ1v) is 4.72. The molecule has 17 heavy (non-hydrogen) atoms. The van der Waals surface area contributed by atoms with Crippen LogP contribution < -0.4 is 4.74 Å². The first kappa shape index (κ1) is 3.51. The Morgan fingerprint density at radius 1 is 1.53 bits per heavy atom. The molecule has 0 aliphatic carbocycles. The maximum atomic E-state index is 8.49. The predicted molar refractivity (Wildman–Crippen MR) is 71.6 cm³/mol. The summed E-state index contributed by atoms with van der Waals surface area (Å²) in [5.74, 6) is -0.0358. The van der Waals surface area contributed by atoms with Crippen molar-refractivity contribution >= 4 is 10.9 Å². The van der Waals surface area contributed by atoms with Gasteiger partial charge in [-0.15, -0.1) is 0 Å². The molecule has 0 fully saturated rings. The van der Waals surface area contributed by atoms with Crippen molar-refractivity contribution in [3.05, 3.63) is 30.5 Å². The molecular weight excluding hydrogens is 212 g/mol. The third-order valence-corrected chi connectivity index (χ3v) is 2.31. The van der Waals surface area contributed by atoms with E-state index in [9.17, 15) is 0 Å². The lowest BCUT2D eigenvalue weighted by Gasteiger charge is -2.20. The number of benzene rings is 1. The molecule has 0 spiro atoms. The largest absolute Gasteiger partial charge is 0.497 e. The van der Waals surface area contributed by atoms with Crippen molar-refractivity contribution in [2.45, 2.75) is 19.4 Å². The predicted octanol–water partition coefficient (Wildman–Crippen LogP) is 2.60. The minimum Gasteiger partial charge on any atom is -0.497 e. The minimum absolute atomic E-state index is 0.0358. The van der Waals surface area contributed by atoms with Gasteiger partial charge in [-0.1, -0.05) is 0 Å². The molecule has 2 atom stereocenters. The van der Waals surface area contributed by atoms with E-state index in [2.05, 4.69) is 0 Å². The van der Waals surface area contributed by atoms with Gasteiger partial charge in [-0.3, -0.25) is 0 Å². The maximum absolute atomic E-state index is 8.49. The van der Waals surface area contributed by atoms with E-state index in [1.54, 1.807) is 0 Å². The van der Waals surface area contributed by atoms with Gasteiger partial charge in [-0.2, -0.15) is 0 Å². The quantitative estimate of drug-likeness (QED) is 0.825. The van der Waals surface area contributed by atoms with Crippen LogP contribution >= 0.6 is 0 Å². The molecule has 0 amide bonds. The van der Waals surface area contributed by atoms with Crippen molar-refractivity contribution in [3.63, 3.8) is 0 Å². The van der Waals surface area contributed by atoms with E-state index < -0.39 is 45.3 Å². The fourth-order valence-corrected chi connectivity index (χ4v) is 1.51. The number of methoxy groups -OCH3 is 1. The first-order valence-electron chi connectivity index (χ1n) is 11.8. The number of hydrogen-bond acceptors (Lipinski definition) is 2. The van der Waals surface area contributed by atoms with Gasteiger partial charge in [0.1, 0.15) is 5.75 Å². The number of fused-ring (bicyclic) bond motifs is 1. The van der Waals surface area contributed by atoms with Crippen molar-refractivity contribution in [1.82, 2.24) is 9.47 Å². The zero-order valence-electron chi connectivity index (χ0n) is 22.8. The Balaban J connectivity index is 2.66. The second-order valence-electron chi connectivity index (χ2n) is 3.40. The second-order valence-corrected chi connectivity index (χ2v) is 3.40. The molecule has 0 saturated carbocycles. The number of nitrogens with zero attached hydrogens (tertiary/aromatic N) is 2. The Bertz CT molecular complexity index is 910. The Hall–Kier alpha value is -1.48. The molecule has 0 aliphatic rings. The van der Waals surface area contributed by atoms with Crippen LogP contribution in [0.5, 0.6) is 5.75 Å². The topological polar surface area (TPSA) is 17.4 Å². The molecule has 0 aliphatic heterocycles. The molecule has 3 heteroatoms. The molecule has 3 nitrogen and oxygen atoms in total. The number of likely N-dealkylation sites (N-methyl/N-ethyl adjacent to an activating group) is 1. The zero-order valence-corrected chi connectivity index (χ0v) is 8.77. The van der Waals surface area contributed by atoms with Crippen LogP contribution in [0.2, 0.25) is 0 Å². The van der Waals surface area contributed by atoms with E-state index in [1.165, 1.54) is 30.5 Å². The summed E-state index contributed by atoms with van der Waals surface area (Å²) in [6, 6.07) is 1.82. The molecule has 0 radical (unpaired) electrons. The standard InChI is InChI=1S/C14H20N2O/c1-11(15(2)3)10-16-8-7-12-9-13(17-4)5-6-14(12)16/h5-9,11H,10H2,1-4H3/t11-/m1/s1/i1D3,2D3,3D3,4D3,10D,11D/t10?,11-. The van der Waals surface area contributed by atoms with Crippen molar-refractivity contribution in [3.8, 4) is 5.75 Å². The molecule has 1 aromatic carbocycles.